The Morgan fingerprint density at radius 3 is 2.59 bits per heavy atom. The molecular weight excluding hydrogens is 402 g/mol. The predicted octanol–water partition coefficient (Wildman–Crippen LogP) is 6.34. The standard InChI is InChI=1S/C23H25NO3S2/c1-4-9-18-12-17(14-28-18)21(25)24-22-19(23(26)27-5-2)13-20(29-22)15(3)16-10-7-6-8-11-16/h6-8,10-15H,4-5,9H2,1-3H3,(H,24,25). The molecule has 29 heavy (non-hydrogen) atoms. The summed E-state index contributed by atoms with van der Waals surface area (Å²) in [5.41, 5.74) is 2.19. The van der Waals surface area contributed by atoms with Gasteiger partial charge >= 0.3 is 5.97 Å². The third-order valence-corrected chi connectivity index (χ3v) is 6.84. The molecule has 2 heterocycles. The monoisotopic (exact) mass is 427 g/mol. The van der Waals surface area contributed by atoms with Crippen molar-refractivity contribution in [2.45, 2.75) is 39.5 Å². The first-order valence-corrected chi connectivity index (χ1v) is 11.5. The molecule has 1 atom stereocenters. The van der Waals surface area contributed by atoms with Crippen LogP contribution in [0.3, 0.4) is 0 Å². The maximum atomic E-state index is 12.8. The van der Waals surface area contributed by atoms with Gasteiger partial charge in [-0.15, -0.1) is 22.7 Å². The lowest BCUT2D eigenvalue weighted by atomic mass is 9.99. The molecule has 0 fully saturated rings. The van der Waals surface area contributed by atoms with Crippen LogP contribution < -0.4 is 5.32 Å². The quantitative estimate of drug-likeness (QED) is 0.427. The van der Waals surface area contributed by atoms with Crippen LogP contribution in [0.2, 0.25) is 0 Å². The molecule has 6 heteroatoms. The fourth-order valence-corrected chi connectivity index (χ4v) is 5.13. The van der Waals surface area contributed by atoms with E-state index in [-0.39, 0.29) is 18.4 Å². The molecule has 1 aromatic carbocycles. The van der Waals surface area contributed by atoms with Crippen molar-refractivity contribution in [1.29, 1.82) is 0 Å². The summed E-state index contributed by atoms with van der Waals surface area (Å²) in [5, 5.41) is 5.34. The van der Waals surface area contributed by atoms with Gasteiger partial charge < -0.3 is 10.1 Å². The lowest BCUT2D eigenvalue weighted by Gasteiger charge is -2.09. The highest BCUT2D eigenvalue weighted by Crippen LogP contribution is 2.37. The fraction of sp³-hybridized carbons (Fsp3) is 0.304. The molecule has 1 unspecified atom stereocenters. The zero-order valence-electron chi connectivity index (χ0n) is 16.9. The van der Waals surface area contributed by atoms with E-state index >= 15 is 0 Å². The SMILES string of the molecule is CCCc1cc(C(=O)Nc2sc(C(C)c3ccccc3)cc2C(=O)OCC)cs1. The second-order valence-corrected chi connectivity index (χ2v) is 8.83. The summed E-state index contributed by atoms with van der Waals surface area (Å²) in [6.07, 6.45) is 2.00. The van der Waals surface area contributed by atoms with Gasteiger partial charge in [-0.1, -0.05) is 50.6 Å². The van der Waals surface area contributed by atoms with Gasteiger partial charge in [-0.2, -0.15) is 0 Å². The maximum absolute atomic E-state index is 12.8. The Morgan fingerprint density at radius 1 is 1.14 bits per heavy atom. The topological polar surface area (TPSA) is 55.4 Å². The molecule has 0 saturated carbocycles. The minimum absolute atomic E-state index is 0.109. The molecule has 0 bridgehead atoms. The predicted molar refractivity (Wildman–Crippen MR) is 121 cm³/mol. The summed E-state index contributed by atoms with van der Waals surface area (Å²) in [6, 6.07) is 13.9. The first kappa shape index (κ1) is 21.3. The average Bonchev–Trinajstić information content (AvgIpc) is 3.36. The molecule has 1 amide bonds. The number of hydrogen-bond acceptors (Lipinski definition) is 5. The van der Waals surface area contributed by atoms with E-state index in [0.717, 1.165) is 23.3 Å². The fourth-order valence-electron chi connectivity index (χ4n) is 3.04. The van der Waals surface area contributed by atoms with Crippen molar-refractivity contribution >= 4 is 39.6 Å². The lowest BCUT2D eigenvalue weighted by molar-refractivity contribution is 0.0528. The Kier molecular flexibility index (Phi) is 7.23. The lowest BCUT2D eigenvalue weighted by Crippen LogP contribution is -2.13. The number of rotatable bonds is 8. The van der Waals surface area contributed by atoms with E-state index in [4.69, 9.17) is 4.74 Å². The highest BCUT2D eigenvalue weighted by atomic mass is 32.1. The number of thiophene rings is 2. The van der Waals surface area contributed by atoms with Gasteiger partial charge in [0, 0.05) is 21.1 Å². The molecule has 2 aromatic heterocycles. The molecule has 0 aliphatic heterocycles. The molecular formula is C23H25NO3S2. The van der Waals surface area contributed by atoms with Crippen LogP contribution in [-0.2, 0) is 11.2 Å². The number of anilines is 1. The molecule has 0 radical (unpaired) electrons. The molecule has 3 rings (SSSR count). The Hall–Kier alpha value is -2.44. The number of amides is 1. The number of ether oxygens (including phenoxy) is 1. The summed E-state index contributed by atoms with van der Waals surface area (Å²) < 4.78 is 5.21. The summed E-state index contributed by atoms with van der Waals surface area (Å²) in [7, 11) is 0. The molecule has 0 spiro atoms. The van der Waals surface area contributed by atoms with Crippen LogP contribution >= 0.6 is 22.7 Å². The largest absolute Gasteiger partial charge is 0.462 e. The van der Waals surface area contributed by atoms with E-state index in [2.05, 4.69) is 31.3 Å². The van der Waals surface area contributed by atoms with E-state index in [1.807, 2.05) is 35.7 Å². The molecule has 0 aliphatic carbocycles. The molecule has 4 nitrogen and oxygen atoms in total. The van der Waals surface area contributed by atoms with Crippen molar-refractivity contribution in [2.75, 3.05) is 11.9 Å². The molecule has 3 aromatic rings. The number of carbonyl (C=O) groups excluding carboxylic acids is 2. The van der Waals surface area contributed by atoms with Gasteiger partial charge in [0.05, 0.1) is 17.7 Å². The van der Waals surface area contributed by atoms with Crippen LogP contribution in [0, 0.1) is 0 Å². The van der Waals surface area contributed by atoms with Crippen LogP contribution in [-0.4, -0.2) is 18.5 Å². The van der Waals surface area contributed by atoms with Crippen molar-refractivity contribution in [3.63, 3.8) is 0 Å². The third kappa shape index (κ3) is 5.14. The van der Waals surface area contributed by atoms with Crippen LogP contribution in [0.5, 0.6) is 0 Å². The Labute approximate surface area is 179 Å². The molecule has 0 saturated heterocycles. The Bertz CT molecular complexity index is 975. The number of esters is 1. The van der Waals surface area contributed by atoms with Gasteiger partial charge in [-0.05, 0) is 31.0 Å². The van der Waals surface area contributed by atoms with Crippen LogP contribution in [0.15, 0.2) is 47.8 Å². The second kappa shape index (κ2) is 9.85. The zero-order chi connectivity index (χ0) is 20.8. The van der Waals surface area contributed by atoms with Crippen LogP contribution in [0.4, 0.5) is 5.00 Å². The summed E-state index contributed by atoms with van der Waals surface area (Å²) in [4.78, 5) is 27.4. The van der Waals surface area contributed by atoms with Gasteiger partial charge in [-0.3, -0.25) is 4.79 Å². The van der Waals surface area contributed by atoms with Gasteiger partial charge in [0.25, 0.3) is 5.91 Å². The minimum atomic E-state index is -0.414. The number of hydrogen-bond donors (Lipinski definition) is 1. The number of benzene rings is 1. The third-order valence-electron chi connectivity index (χ3n) is 4.61. The zero-order valence-corrected chi connectivity index (χ0v) is 18.5. The number of nitrogens with one attached hydrogen (secondary N) is 1. The molecule has 1 N–H and O–H groups in total. The minimum Gasteiger partial charge on any atom is -0.462 e. The van der Waals surface area contributed by atoms with E-state index in [0.29, 0.717) is 16.1 Å². The van der Waals surface area contributed by atoms with E-state index < -0.39 is 5.97 Å². The van der Waals surface area contributed by atoms with Crippen molar-refractivity contribution in [1.82, 2.24) is 0 Å². The maximum Gasteiger partial charge on any atom is 0.341 e. The highest BCUT2D eigenvalue weighted by molar-refractivity contribution is 7.16. The van der Waals surface area contributed by atoms with Crippen molar-refractivity contribution in [2.24, 2.45) is 0 Å². The first-order chi connectivity index (χ1) is 14.0. The first-order valence-electron chi connectivity index (χ1n) is 9.78. The van der Waals surface area contributed by atoms with Crippen molar-refractivity contribution < 1.29 is 14.3 Å². The summed E-state index contributed by atoms with van der Waals surface area (Å²) in [5.74, 6) is -0.505. The van der Waals surface area contributed by atoms with E-state index in [1.54, 1.807) is 18.3 Å². The average molecular weight is 428 g/mol. The van der Waals surface area contributed by atoms with E-state index in [9.17, 15) is 9.59 Å². The molecule has 152 valence electrons. The Morgan fingerprint density at radius 2 is 1.90 bits per heavy atom. The van der Waals surface area contributed by atoms with E-state index in [1.165, 1.54) is 16.2 Å². The van der Waals surface area contributed by atoms with Crippen LogP contribution in [0.1, 0.15) is 69.1 Å². The van der Waals surface area contributed by atoms with Crippen LogP contribution in [0.25, 0.3) is 0 Å². The normalized spacial score (nSPS) is 11.8. The second-order valence-electron chi connectivity index (χ2n) is 6.75. The number of carbonyl (C=O) groups is 2. The van der Waals surface area contributed by atoms with Gasteiger partial charge in [-0.25, -0.2) is 4.79 Å². The Balaban J connectivity index is 1.88. The molecule has 0 aliphatic rings. The van der Waals surface area contributed by atoms with Crippen molar-refractivity contribution in [3.8, 4) is 0 Å². The smallest absolute Gasteiger partial charge is 0.341 e. The number of aryl methyl sites for hydroxylation is 1. The van der Waals surface area contributed by atoms with Gasteiger partial charge in [0.15, 0.2) is 0 Å². The highest BCUT2D eigenvalue weighted by Gasteiger charge is 2.22. The van der Waals surface area contributed by atoms with Crippen molar-refractivity contribution in [3.05, 3.63) is 74.3 Å². The summed E-state index contributed by atoms with van der Waals surface area (Å²) >= 11 is 3.02. The summed E-state index contributed by atoms with van der Waals surface area (Å²) in [6.45, 7) is 6.27. The van der Waals surface area contributed by atoms with Gasteiger partial charge in [0.2, 0.25) is 0 Å². The van der Waals surface area contributed by atoms with Gasteiger partial charge in [0.1, 0.15) is 5.00 Å².